The fourth-order valence-corrected chi connectivity index (χ4v) is 4.00. The monoisotopic (exact) mass is 267 g/mol. The second-order valence-electron chi connectivity index (χ2n) is 4.64. The Morgan fingerprint density at radius 3 is 2.56 bits per heavy atom. The van der Waals surface area contributed by atoms with E-state index in [1.807, 2.05) is 30.3 Å². The molecule has 5 heteroatoms. The molecular weight excluding hydrogens is 250 g/mol. The molecule has 4 nitrogen and oxygen atoms in total. The molecule has 0 N–H and O–H groups in total. The summed E-state index contributed by atoms with van der Waals surface area (Å²) in [5, 5.41) is 0. The van der Waals surface area contributed by atoms with Crippen molar-refractivity contribution < 1.29 is 13.2 Å². The van der Waals surface area contributed by atoms with Crippen LogP contribution in [0.1, 0.15) is 12.0 Å². The molecule has 1 aliphatic rings. The fourth-order valence-electron chi connectivity index (χ4n) is 2.26. The highest BCUT2D eigenvalue weighted by Crippen LogP contribution is 2.17. The molecule has 98 valence electrons. The topological polar surface area (TPSA) is 54.5 Å². The van der Waals surface area contributed by atoms with Gasteiger partial charge in [-0.25, -0.2) is 8.42 Å². The van der Waals surface area contributed by atoms with Gasteiger partial charge in [-0.2, -0.15) is 0 Å². The maximum Gasteiger partial charge on any atom is 0.209 e. The first-order valence-electron chi connectivity index (χ1n) is 6.06. The molecule has 0 spiro atoms. The van der Waals surface area contributed by atoms with Gasteiger partial charge in [-0.3, -0.25) is 4.79 Å². The normalized spacial score (nSPS) is 21.7. The summed E-state index contributed by atoms with van der Waals surface area (Å²) in [4.78, 5) is 12.7. The van der Waals surface area contributed by atoms with Crippen LogP contribution in [0.2, 0.25) is 0 Å². The number of sulfone groups is 1. The van der Waals surface area contributed by atoms with E-state index in [0.717, 1.165) is 18.4 Å². The lowest BCUT2D eigenvalue weighted by molar-refractivity contribution is -0.119. The van der Waals surface area contributed by atoms with Gasteiger partial charge in [0.2, 0.25) is 6.41 Å². The Kier molecular flexibility index (Phi) is 4.01. The summed E-state index contributed by atoms with van der Waals surface area (Å²) >= 11 is 0. The van der Waals surface area contributed by atoms with Crippen molar-refractivity contribution in [1.82, 2.24) is 4.90 Å². The smallest absolute Gasteiger partial charge is 0.209 e. The number of carbonyl (C=O) groups is 1. The second-order valence-corrected chi connectivity index (χ2v) is 6.86. The largest absolute Gasteiger partial charge is 0.341 e. The van der Waals surface area contributed by atoms with Crippen molar-refractivity contribution in [2.24, 2.45) is 0 Å². The van der Waals surface area contributed by atoms with E-state index < -0.39 is 9.84 Å². The lowest BCUT2D eigenvalue weighted by Gasteiger charge is -2.23. The Morgan fingerprint density at radius 2 is 2.00 bits per heavy atom. The SMILES string of the molecule is O=CN(CCc1ccccc1)[C@@H]1CCS(=O)(=O)C1. The number of hydrogen-bond acceptors (Lipinski definition) is 3. The number of carbonyl (C=O) groups excluding carboxylic acids is 1. The molecule has 0 aromatic heterocycles. The Hall–Kier alpha value is -1.36. The molecule has 0 bridgehead atoms. The number of nitrogens with zero attached hydrogens (tertiary/aromatic N) is 1. The molecule has 1 aliphatic heterocycles. The highest BCUT2D eigenvalue weighted by Gasteiger charge is 2.31. The highest BCUT2D eigenvalue weighted by molar-refractivity contribution is 7.91. The molecule has 0 radical (unpaired) electrons. The van der Waals surface area contributed by atoms with Gasteiger partial charge in [0.25, 0.3) is 0 Å². The Bertz CT molecular complexity index is 498. The zero-order valence-corrected chi connectivity index (χ0v) is 11.0. The van der Waals surface area contributed by atoms with Crippen LogP contribution in [0, 0.1) is 0 Å². The zero-order chi connectivity index (χ0) is 13.0. The summed E-state index contributed by atoms with van der Waals surface area (Å²) in [5.41, 5.74) is 1.16. The predicted octanol–water partition coefficient (Wildman–Crippen LogP) is 0.875. The van der Waals surface area contributed by atoms with Crippen LogP contribution < -0.4 is 0 Å². The lowest BCUT2D eigenvalue weighted by Crippen LogP contribution is -2.36. The van der Waals surface area contributed by atoms with Crippen LogP contribution in [0.25, 0.3) is 0 Å². The number of rotatable bonds is 5. The van der Waals surface area contributed by atoms with Crippen molar-refractivity contribution in [3.8, 4) is 0 Å². The highest BCUT2D eigenvalue weighted by atomic mass is 32.2. The summed E-state index contributed by atoms with van der Waals surface area (Å²) < 4.78 is 22.8. The Morgan fingerprint density at radius 1 is 1.28 bits per heavy atom. The van der Waals surface area contributed by atoms with Gasteiger partial charge >= 0.3 is 0 Å². The van der Waals surface area contributed by atoms with Crippen molar-refractivity contribution in [3.05, 3.63) is 35.9 Å². The first-order valence-corrected chi connectivity index (χ1v) is 7.88. The summed E-state index contributed by atoms with van der Waals surface area (Å²) in [6, 6.07) is 9.74. The van der Waals surface area contributed by atoms with Crippen LogP contribution in [0.4, 0.5) is 0 Å². The third-order valence-electron chi connectivity index (χ3n) is 3.31. The minimum absolute atomic E-state index is 0.112. The molecule has 18 heavy (non-hydrogen) atoms. The van der Waals surface area contributed by atoms with E-state index in [0.29, 0.717) is 13.0 Å². The first kappa shape index (κ1) is 13.1. The molecule has 1 aromatic carbocycles. The van der Waals surface area contributed by atoms with Gasteiger partial charge in [0.15, 0.2) is 9.84 Å². The van der Waals surface area contributed by atoms with E-state index >= 15 is 0 Å². The molecular formula is C13H17NO3S. The van der Waals surface area contributed by atoms with Gasteiger partial charge in [-0.1, -0.05) is 30.3 Å². The van der Waals surface area contributed by atoms with Crippen molar-refractivity contribution in [1.29, 1.82) is 0 Å². The molecule has 1 atom stereocenters. The maximum absolute atomic E-state index is 11.4. The molecule has 1 heterocycles. The predicted molar refractivity (Wildman–Crippen MR) is 70.0 cm³/mol. The average Bonchev–Trinajstić information content (AvgIpc) is 2.72. The van der Waals surface area contributed by atoms with Gasteiger partial charge in [0, 0.05) is 12.6 Å². The van der Waals surface area contributed by atoms with E-state index in [9.17, 15) is 13.2 Å². The van der Waals surface area contributed by atoms with Crippen molar-refractivity contribution in [2.45, 2.75) is 18.9 Å². The van der Waals surface area contributed by atoms with Crippen LogP contribution in [0.15, 0.2) is 30.3 Å². The Labute approximate surface area is 108 Å². The van der Waals surface area contributed by atoms with E-state index in [1.54, 1.807) is 4.90 Å². The molecule has 0 unspecified atom stereocenters. The average molecular weight is 267 g/mol. The van der Waals surface area contributed by atoms with Gasteiger partial charge in [-0.05, 0) is 18.4 Å². The third-order valence-corrected chi connectivity index (χ3v) is 5.06. The Balaban J connectivity index is 1.92. The zero-order valence-electron chi connectivity index (χ0n) is 10.2. The minimum atomic E-state index is -2.93. The number of hydrogen-bond donors (Lipinski definition) is 0. The summed E-state index contributed by atoms with van der Waals surface area (Å²) in [5.74, 6) is 0.313. The van der Waals surface area contributed by atoms with E-state index in [4.69, 9.17) is 0 Å². The van der Waals surface area contributed by atoms with Gasteiger partial charge in [0.1, 0.15) is 0 Å². The van der Waals surface area contributed by atoms with Gasteiger partial charge in [-0.15, -0.1) is 0 Å². The van der Waals surface area contributed by atoms with Gasteiger partial charge < -0.3 is 4.90 Å². The van der Waals surface area contributed by atoms with Crippen molar-refractivity contribution >= 4 is 16.2 Å². The van der Waals surface area contributed by atoms with Crippen LogP contribution in [-0.2, 0) is 21.1 Å². The summed E-state index contributed by atoms with van der Waals surface area (Å²) in [6.45, 7) is 0.577. The van der Waals surface area contributed by atoms with E-state index in [2.05, 4.69) is 0 Å². The number of benzene rings is 1. The van der Waals surface area contributed by atoms with Gasteiger partial charge in [0.05, 0.1) is 11.5 Å². The molecule has 0 saturated carbocycles. The number of amides is 1. The van der Waals surface area contributed by atoms with Crippen molar-refractivity contribution in [2.75, 3.05) is 18.1 Å². The maximum atomic E-state index is 11.4. The molecule has 1 saturated heterocycles. The van der Waals surface area contributed by atoms with Crippen LogP contribution >= 0.6 is 0 Å². The lowest BCUT2D eigenvalue weighted by atomic mass is 10.1. The van der Waals surface area contributed by atoms with Crippen LogP contribution in [0.3, 0.4) is 0 Å². The van der Waals surface area contributed by atoms with Crippen LogP contribution in [0.5, 0.6) is 0 Å². The van der Waals surface area contributed by atoms with Crippen molar-refractivity contribution in [3.63, 3.8) is 0 Å². The minimum Gasteiger partial charge on any atom is -0.341 e. The second kappa shape index (κ2) is 5.52. The molecule has 0 aliphatic carbocycles. The summed E-state index contributed by atoms with van der Waals surface area (Å²) in [6.07, 6.45) is 2.10. The molecule has 1 fully saturated rings. The van der Waals surface area contributed by atoms with Crippen LogP contribution in [-0.4, -0.2) is 43.8 Å². The standard InChI is InChI=1S/C13H17NO3S/c15-11-14(13-7-9-18(16,17)10-13)8-6-12-4-2-1-3-5-12/h1-5,11,13H,6-10H2/t13-/m1/s1. The molecule has 1 amide bonds. The quantitative estimate of drug-likeness (QED) is 0.744. The summed E-state index contributed by atoms with van der Waals surface area (Å²) in [7, 11) is -2.93. The van der Waals surface area contributed by atoms with E-state index in [1.165, 1.54) is 0 Å². The molecule has 2 rings (SSSR count). The fraction of sp³-hybridized carbons (Fsp3) is 0.462. The van der Waals surface area contributed by atoms with E-state index in [-0.39, 0.29) is 17.5 Å². The first-order chi connectivity index (χ1) is 8.61. The third kappa shape index (κ3) is 3.32. The molecule has 1 aromatic rings.